The van der Waals surface area contributed by atoms with Gasteiger partial charge >= 0.3 is 6.03 Å². The van der Waals surface area contributed by atoms with Crippen LogP contribution in [0.15, 0.2) is 0 Å². The van der Waals surface area contributed by atoms with Crippen LogP contribution in [0.25, 0.3) is 0 Å². The monoisotopic (exact) mass is 309 g/mol. The van der Waals surface area contributed by atoms with Gasteiger partial charge in [-0.15, -0.1) is 0 Å². The Morgan fingerprint density at radius 2 is 2.18 bits per heavy atom. The molecule has 2 atom stereocenters. The number of hydrogen-bond acceptors (Lipinski definition) is 3. The fourth-order valence-corrected chi connectivity index (χ4v) is 4.08. The summed E-state index contributed by atoms with van der Waals surface area (Å²) < 4.78 is 5.89. The molecule has 2 amide bonds. The topological polar surface area (TPSA) is 44.8 Å². The Bertz CT molecular complexity index is 397. The molecule has 3 fully saturated rings. The van der Waals surface area contributed by atoms with E-state index in [2.05, 4.69) is 24.1 Å². The van der Waals surface area contributed by atoms with Crippen molar-refractivity contribution in [3.63, 3.8) is 0 Å². The summed E-state index contributed by atoms with van der Waals surface area (Å²) in [5.74, 6) is 0.786. The first-order valence-electron chi connectivity index (χ1n) is 8.98. The molecule has 1 N–H and O–H groups in total. The molecule has 0 aromatic rings. The van der Waals surface area contributed by atoms with E-state index in [0.29, 0.717) is 6.61 Å². The molecule has 3 rings (SSSR count). The number of likely N-dealkylation sites (tertiary alicyclic amines) is 1. The van der Waals surface area contributed by atoms with Crippen LogP contribution in [-0.2, 0) is 4.74 Å². The molecule has 3 aliphatic rings. The number of nitrogens with one attached hydrogen (secondary N) is 1. The van der Waals surface area contributed by atoms with Crippen molar-refractivity contribution in [2.45, 2.75) is 57.6 Å². The lowest BCUT2D eigenvalue weighted by Gasteiger charge is -2.48. The predicted molar refractivity (Wildman–Crippen MR) is 86.9 cm³/mol. The predicted octanol–water partition coefficient (Wildman–Crippen LogP) is 2.07. The minimum Gasteiger partial charge on any atom is -0.371 e. The van der Waals surface area contributed by atoms with Crippen LogP contribution in [0.3, 0.4) is 0 Å². The van der Waals surface area contributed by atoms with E-state index in [0.717, 1.165) is 38.4 Å². The third-order valence-corrected chi connectivity index (χ3v) is 5.44. The second-order valence-electron chi connectivity index (χ2n) is 7.66. The van der Waals surface area contributed by atoms with Gasteiger partial charge in [0.25, 0.3) is 0 Å². The molecular weight excluding hydrogens is 278 g/mol. The molecule has 0 unspecified atom stereocenters. The van der Waals surface area contributed by atoms with Gasteiger partial charge in [-0.25, -0.2) is 4.79 Å². The first-order valence-corrected chi connectivity index (χ1v) is 8.98. The normalized spacial score (nSPS) is 29.9. The van der Waals surface area contributed by atoms with Crippen LogP contribution in [-0.4, -0.2) is 66.8 Å². The van der Waals surface area contributed by atoms with Gasteiger partial charge in [0.2, 0.25) is 0 Å². The van der Waals surface area contributed by atoms with E-state index < -0.39 is 0 Å². The lowest BCUT2D eigenvalue weighted by Crippen LogP contribution is -2.60. The fourth-order valence-electron chi connectivity index (χ4n) is 4.08. The first-order chi connectivity index (χ1) is 10.6. The molecule has 0 aromatic carbocycles. The van der Waals surface area contributed by atoms with Gasteiger partial charge in [-0.05, 0) is 51.5 Å². The Balaban J connectivity index is 1.44. The van der Waals surface area contributed by atoms with Gasteiger partial charge in [-0.2, -0.15) is 0 Å². The zero-order chi connectivity index (χ0) is 15.6. The summed E-state index contributed by atoms with van der Waals surface area (Å²) in [5, 5.41) is 3.19. The number of hydrogen-bond donors (Lipinski definition) is 1. The van der Waals surface area contributed by atoms with Gasteiger partial charge in [0.05, 0.1) is 18.8 Å². The maximum absolute atomic E-state index is 12.5. The molecular formula is C17H31N3O2. The second-order valence-corrected chi connectivity index (χ2v) is 7.66. The van der Waals surface area contributed by atoms with E-state index >= 15 is 0 Å². The third-order valence-electron chi connectivity index (χ3n) is 5.44. The van der Waals surface area contributed by atoms with Crippen molar-refractivity contribution in [1.82, 2.24) is 15.1 Å². The van der Waals surface area contributed by atoms with Crippen LogP contribution in [0.2, 0.25) is 0 Å². The summed E-state index contributed by atoms with van der Waals surface area (Å²) in [6.07, 6.45) is 6.08. The Kier molecular flexibility index (Phi) is 4.93. The van der Waals surface area contributed by atoms with E-state index in [1.807, 2.05) is 4.90 Å². The smallest absolute Gasteiger partial charge is 0.317 e. The molecule has 5 heteroatoms. The third kappa shape index (κ3) is 3.74. The summed E-state index contributed by atoms with van der Waals surface area (Å²) in [7, 11) is 0. The average Bonchev–Trinajstić information content (AvgIpc) is 2.45. The van der Waals surface area contributed by atoms with Crippen molar-refractivity contribution in [1.29, 1.82) is 0 Å². The molecule has 1 aliphatic carbocycles. The van der Waals surface area contributed by atoms with E-state index in [4.69, 9.17) is 4.74 Å². The zero-order valence-corrected chi connectivity index (χ0v) is 14.1. The van der Waals surface area contributed by atoms with Gasteiger partial charge in [0, 0.05) is 25.7 Å². The summed E-state index contributed by atoms with van der Waals surface area (Å²) in [4.78, 5) is 16.9. The molecule has 2 aliphatic heterocycles. The van der Waals surface area contributed by atoms with E-state index in [1.54, 1.807) is 0 Å². The van der Waals surface area contributed by atoms with Crippen molar-refractivity contribution in [3.8, 4) is 0 Å². The molecule has 0 bridgehead atoms. The maximum atomic E-state index is 12.5. The van der Waals surface area contributed by atoms with Crippen molar-refractivity contribution in [3.05, 3.63) is 0 Å². The van der Waals surface area contributed by atoms with Crippen molar-refractivity contribution >= 4 is 6.03 Å². The fraction of sp³-hybridized carbons (Fsp3) is 0.941. The summed E-state index contributed by atoms with van der Waals surface area (Å²) >= 11 is 0. The Labute approximate surface area is 134 Å². The number of urea groups is 1. The van der Waals surface area contributed by atoms with Gasteiger partial charge in [-0.1, -0.05) is 6.92 Å². The van der Waals surface area contributed by atoms with Crippen LogP contribution in [0.5, 0.6) is 0 Å². The van der Waals surface area contributed by atoms with Crippen LogP contribution < -0.4 is 5.32 Å². The summed E-state index contributed by atoms with van der Waals surface area (Å²) in [5.41, 5.74) is -0.0128. The Morgan fingerprint density at radius 3 is 2.86 bits per heavy atom. The van der Waals surface area contributed by atoms with Crippen LogP contribution in [0.1, 0.15) is 46.0 Å². The zero-order valence-electron chi connectivity index (χ0n) is 14.1. The second kappa shape index (κ2) is 6.75. The average molecular weight is 309 g/mol. The molecule has 1 spiro atoms. The number of ether oxygens (including phenoxy) is 1. The largest absolute Gasteiger partial charge is 0.371 e. The molecule has 1 saturated carbocycles. The van der Waals surface area contributed by atoms with Crippen LogP contribution >= 0.6 is 0 Å². The highest BCUT2D eigenvalue weighted by Gasteiger charge is 2.43. The minimum absolute atomic E-state index is 0.0128. The highest BCUT2D eigenvalue weighted by molar-refractivity contribution is 5.74. The Morgan fingerprint density at radius 1 is 1.36 bits per heavy atom. The molecule has 0 aromatic heterocycles. The molecule has 0 radical (unpaired) electrons. The van der Waals surface area contributed by atoms with Gasteiger partial charge in [0.1, 0.15) is 0 Å². The lowest BCUT2D eigenvalue weighted by molar-refractivity contribution is -0.141. The number of nitrogens with zero attached hydrogens (tertiary/aromatic N) is 2. The highest BCUT2D eigenvalue weighted by atomic mass is 16.5. The van der Waals surface area contributed by atoms with Gasteiger partial charge in [-0.3, -0.25) is 0 Å². The molecule has 5 nitrogen and oxygen atoms in total. The minimum atomic E-state index is -0.0128. The van der Waals surface area contributed by atoms with Gasteiger partial charge < -0.3 is 19.9 Å². The number of amides is 2. The summed E-state index contributed by atoms with van der Waals surface area (Å²) in [6, 6.07) is 0.296. The standard InChI is InChI=1S/C17H31N3O2/c1-14-5-3-8-19(11-14)12-15(2)18-16(21)20-9-10-22-17(13-20)6-4-7-17/h14-15H,3-13H2,1-2H3,(H,18,21)/t14-,15+/m0/s1. The van der Waals surface area contributed by atoms with Crippen LogP contribution in [0, 0.1) is 5.92 Å². The number of morpholine rings is 1. The van der Waals surface area contributed by atoms with Crippen molar-refractivity contribution in [2.75, 3.05) is 39.3 Å². The molecule has 2 heterocycles. The van der Waals surface area contributed by atoms with Crippen molar-refractivity contribution in [2.24, 2.45) is 5.92 Å². The molecule has 126 valence electrons. The Hall–Kier alpha value is -0.810. The lowest BCUT2D eigenvalue weighted by atomic mass is 9.79. The van der Waals surface area contributed by atoms with E-state index in [-0.39, 0.29) is 17.7 Å². The molecule has 22 heavy (non-hydrogen) atoms. The van der Waals surface area contributed by atoms with Gasteiger partial charge in [0.15, 0.2) is 0 Å². The number of carbonyl (C=O) groups excluding carboxylic acids is 1. The summed E-state index contributed by atoms with van der Waals surface area (Å²) in [6.45, 7) is 9.92. The number of rotatable bonds is 3. The highest BCUT2D eigenvalue weighted by Crippen LogP contribution is 2.38. The van der Waals surface area contributed by atoms with Crippen LogP contribution in [0.4, 0.5) is 4.79 Å². The molecule has 2 saturated heterocycles. The van der Waals surface area contributed by atoms with Crippen molar-refractivity contribution < 1.29 is 9.53 Å². The number of piperidine rings is 1. The first kappa shape index (κ1) is 16.1. The number of carbonyl (C=O) groups is 1. The van der Waals surface area contributed by atoms with E-state index in [1.165, 1.54) is 32.4 Å². The van der Waals surface area contributed by atoms with E-state index in [9.17, 15) is 4.79 Å². The maximum Gasteiger partial charge on any atom is 0.317 e. The quantitative estimate of drug-likeness (QED) is 0.868. The SMILES string of the molecule is C[C@H]1CCCN(C[C@@H](C)NC(=O)N2CCOC3(CCC3)C2)C1.